The number of ether oxygens (including phenoxy) is 4. The number of carbonyl (C=O) groups is 4. The van der Waals surface area contributed by atoms with Crippen LogP contribution < -0.4 is 21.7 Å². The minimum atomic E-state index is -0.840. The summed E-state index contributed by atoms with van der Waals surface area (Å²) in [5.74, 6) is -1.72. The van der Waals surface area contributed by atoms with Crippen LogP contribution in [0.25, 0.3) is 0 Å². The average molecular weight is 870 g/mol. The number of hydrogen-bond acceptors (Lipinski definition) is 11. The van der Waals surface area contributed by atoms with Crippen molar-refractivity contribution in [2.75, 3.05) is 88.4 Å². The number of nitrogens with zero attached hydrogens (tertiary/aromatic N) is 2. The number of methoxy groups -OCH3 is 2. The Balaban J connectivity index is 0.000000337. The molecule has 2 fully saturated rings. The number of halogens is 2. The van der Waals surface area contributed by atoms with Crippen LogP contribution in [0.1, 0.15) is 80.1 Å². The molecule has 2 aliphatic rings. The highest BCUT2D eigenvalue weighted by Crippen LogP contribution is 2.32. The van der Waals surface area contributed by atoms with Crippen molar-refractivity contribution in [1.29, 1.82) is 0 Å². The molecule has 3 amide bonds. The van der Waals surface area contributed by atoms with Gasteiger partial charge in [0.1, 0.15) is 11.2 Å². The van der Waals surface area contributed by atoms with Gasteiger partial charge in [-0.1, -0.05) is 35.3 Å². The Hall–Kier alpha value is -4.18. The number of anilines is 4. The third-order valence-corrected chi connectivity index (χ3v) is 9.47. The summed E-state index contributed by atoms with van der Waals surface area (Å²) in [6, 6.07) is 10.9. The second-order valence-corrected chi connectivity index (χ2v) is 17.1. The summed E-state index contributed by atoms with van der Waals surface area (Å²) in [6.07, 6.45) is 3.79. The molecule has 2 atom stereocenters. The van der Waals surface area contributed by atoms with Crippen molar-refractivity contribution in [3.05, 3.63) is 46.4 Å². The first kappa shape index (κ1) is 51.0. The number of para-hydroxylation sites is 2. The monoisotopic (exact) mass is 868 g/mol. The number of benzene rings is 2. The van der Waals surface area contributed by atoms with Gasteiger partial charge >= 0.3 is 18.2 Å². The molecule has 2 aliphatic heterocycles. The lowest BCUT2D eigenvalue weighted by atomic mass is 9.97. The number of aliphatic carboxylic acids is 1. The molecule has 0 bridgehead atoms. The molecule has 0 radical (unpaired) electrons. The molecule has 0 spiro atoms. The van der Waals surface area contributed by atoms with Crippen molar-refractivity contribution < 1.29 is 43.2 Å². The predicted molar refractivity (Wildman–Crippen MR) is 235 cm³/mol. The van der Waals surface area contributed by atoms with Gasteiger partial charge in [-0.3, -0.25) is 9.59 Å². The highest BCUT2D eigenvalue weighted by molar-refractivity contribution is 6.34. The Labute approximate surface area is 359 Å². The van der Waals surface area contributed by atoms with E-state index in [1.54, 1.807) is 52.0 Å². The molecule has 2 aromatic rings. The fourth-order valence-electron chi connectivity index (χ4n) is 5.98. The zero-order chi connectivity index (χ0) is 44.2. The quantitative estimate of drug-likeness (QED) is 0.0954. The van der Waals surface area contributed by atoms with E-state index in [0.717, 1.165) is 50.9 Å². The van der Waals surface area contributed by atoms with Crippen LogP contribution in [-0.2, 0) is 28.5 Å². The number of piperidine rings is 2. The smallest absolute Gasteiger partial charge is 0.410 e. The zero-order valence-electron chi connectivity index (χ0n) is 36.0. The number of carbonyl (C=O) groups excluding carboxylic acids is 3. The van der Waals surface area contributed by atoms with Gasteiger partial charge < -0.3 is 55.5 Å². The van der Waals surface area contributed by atoms with Crippen LogP contribution in [0, 0.1) is 11.8 Å². The Morgan fingerprint density at radius 2 is 1.20 bits per heavy atom. The first-order valence-corrected chi connectivity index (χ1v) is 20.8. The normalized spacial score (nSPS) is 16.6. The largest absolute Gasteiger partial charge is 0.481 e. The van der Waals surface area contributed by atoms with Gasteiger partial charge in [0.05, 0.1) is 44.6 Å². The number of nitrogen functional groups attached to an aromatic ring is 1. The molecule has 0 aliphatic carbocycles. The molecule has 2 aromatic carbocycles. The van der Waals surface area contributed by atoms with E-state index in [0.29, 0.717) is 66.3 Å². The van der Waals surface area contributed by atoms with E-state index in [2.05, 4.69) is 16.0 Å². The Kier molecular flexibility index (Phi) is 22.0. The Morgan fingerprint density at radius 1 is 0.746 bits per heavy atom. The topological polar surface area (TPSA) is 194 Å². The minimum Gasteiger partial charge on any atom is -0.481 e. The van der Waals surface area contributed by atoms with Gasteiger partial charge in [0.25, 0.3) is 0 Å². The average Bonchev–Trinajstić information content (AvgIpc) is 3.16. The highest BCUT2D eigenvalue weighted by atomic mass is 35.5. The first-order valence-electron chi connectivity index (χ1n) is 20.0. The number of hydrogen-bond donors (Lipinski definition) is 5. The maximum Gasteiger partial charge on any atom is 0.410 e. The van der Waals surface area contributed by atoms with E-state index in [1.807, 2.05) is 45.0 Å². The van der Waals surface area contributed by atoms with E-state index in [4.69, 9.17) is 53.0 Å². The van der Waals surface area contributed by atoms with Gasteiger partial charge in [-0.05, 0) is 104 Å². The lowest BCUT2D eigenvalue weighted by Crippen LogP contribution is -2.45. The number of carboxylic acids is 1. The van der Waals surface area contributed by atoms with Crippen molar-refractivity contribution in [3.8, 4) is 0 Å². The molecule has 59 heavy (non-hydrogen) atoms. The van der Waals surface area contributed by atoms with Gasteiger partial charge in [0, 0.05) is 66.7 Å². The molecule has 17 heteroatoms. The molecule has 0 aromatic heterocycles. The predicted octanol–water partition coefficient (Wildman–Crippen LogP) is 8.46. The highest BCUT2D eigenvalue weighted by Gasteiger charge is 2.32. The second kappa shape index (κ2) is 25.4. The van der Waals surface area contributed by atoms with Crippen LogP contribution in [0.3, 0.4) is 0 Å². The summed E-state index contributed by atoms with van der Waals surface area (Å²) in [5.41, 5.74) is 7.48. The second-order valence-electron chi connectivity index (χ2n) is 16.3. The van der Waals surface area contributed by atoms with Gasteiger partial charge in [-0.2, -0.15) is 0 Å². The van der Waals surface area contributed by atoms with Crippen molar-refractivity contribution in [2.24, 2.45) is 11.8 Å². The van der Waals surface area contributed by atoms with Crippen LogP contribution >= 0.6 is 23.2 Å². The maximum absolute atomic E-state index is 12.9. The third kappa shape index (κ3) is 19.6. The SMILES string of the molecule is CC(C)(C)OC(=O)N1CCC[C@@H](C(=O)O)C1.COCCCNc1c(Cl)cccc1NC(=O)[C@@H]1CCCN(C(=O)OC(C)(C)C)C1.COCCCNc1c(N)cccc1Cl. The van der Waals surface area contributed by atoms with E-state index < -0.39 is 29.2 Å². The third-order valence-electron chi connectivity index (χ3n) is 8.84. The molecule has 0 saturated carbocycles. The van der Waals surface area contributed by atoms with Gasteiger partial charge in [-0.15, -0.1) is 0 Å². The molecule has 6 N–H and O–H groups in total. The van der Waals surface area contributed by atoms with E-state index in [1.165, 1.54) is 4.90 Å². The molecule has 2 saturated heterocycles. The van der Waals surface area contributed by atoms with Crippen LogP contribution in [-0.4, -0.2) is 117 Å². The molecule has 2 heterocycles. The number of carboxylic acid groups (broad SMARTS) is 1. The molecular weight excluding hydrogens is 803 g/mol. The fourth-order valence-corrected chi connectivity index (χ4v) is 6.47. The number of nitrogens with two attached hydrogens (primary N) is 1. The van der Waals surface area contributed by atoms with Crippen LogP contribution in [0.2, 0.25) is 10.0 Å². The van der Waals surface area contributed by atoms with Crippen molar-refractivity contribution in [3.63, 3.8) is 0 Å². The summed E-state index contributed by atoms with van der Waals surface area (Å²) < 4.78 is 20.6. The molecule has 4 rings (SSSR count). The minimum absolute atomic E-state index is 0.125. The van der Waals surface area contributed by atoms with Crippen LogP contribution in [0.4, 0.5) is 32.3 Å². The Morgan fingerprint density at radius 3 is 1.68 bits per heavy atom. The summed E-state index contributed by atoms with van der Waals surface area (Å²) in [7, 11) is 3.34. The summed E-state index contributed by atoms with van der Waals surface area (Å²) in [5, 5.41) is 19.5. The van der Waals surface area contributed by atoms with Gasteiger partial charge in [0.2, 0.25) is 5.91 Å². The Bertz CT molecular complexity index is 1620. The zero-order valence-corrected chi connectivity index (χ0v) is 37.5. The number of amides is 3. The van der Waals surface area contributed by atoms with Gasteiger partial charge in [-0.25, -0.2) is 9.59 Å². The summed E-state index contributed by atoms with van der Waals surface area (Å²) in [6.45, 7) is 15.5. The van der Waals surface area contributed by atoms with Gasteiger partial charge in [0.15, 0.2) is 0 Å². The fraction of sp³-hybridized carbons (Fsp3) is 0.619. The molecule has 0 unspecified atom stereocenters. The molecular formula is C42H66Cl2N6O9. The number of likely N-dealkylation sites (tertiary alicyclic amines) is 2. The summed E-state index contributed by atoms with van der Waals surface area (Å²) in [4.78, 5) is 50.8. The summed E-state index contributed by atoms with van der Waals surface area (Å²) >= 11 is 12.3. The van der Waals surface area contributed by atoms with E-state index in [-0.39, 0.29) is 24.5 Å². The lowest BCUT2D eigenvalue weighted by molar-refractivity contribution is -0.143. The number of rotatable bonds is 13. The van der Waals surface area contributed by atoms with E-state index in [9.17, 15) is 19.2 Å². The van der Waals surface area contributed by atoms with Crippen molar-refractivity contribution >= 4 is 70.0 Å². The van der Waals surface area contributed by atoms with Crippen LogP contribution in [0.15, 0.2) is 36.4 Å². The van der Waals surface area contributed by atoms with E-state index >= 15 is 0 Å². The van der Waals surface area contributed by atoms with Crippen molar-refractivity contribution in [1.82, 2.24) is 9.80 Å². The molecule has 15 nitrogen and oxygen atoms in total. The first-order chi connectivity index (χ1) is 27.8. The number of nitrogens with one attached hydrogen (secondary N) is 3. The standard InChI is InChI=1S/C21H32ClN3O4.C11H19NO4.C10H15ClN2O/c1-21(2,3)29-20(27)25-12-6-8-15(14-25)19(26)24-17-10-5-9-16(22)18(17)23-11-7-13-28-4;1-11(2,3)16-10(15)12-6-4-5-8(7-12)9(13)14;1-14-7-3-6-13-10-8(11)4-2-5-9(10)12/h5,9-10,15,23H,6-8,11-14H2,1-4H3,(H,24,26);8H,4-7H2,1-3H3,(H,13,14);2,4-5,13H,3,6-7,12H2,1H3/t15-;8-;/m11./s1. The van der Waals surface area contributed by atoms with Crippen molar-refractivity contribution in [2.45, 2.75) is 91.3 Å². The van der Waals surface area contributed by atoms with Crippen LogP contribution in [0.5, 0.6) is 0 Å². The molecule has 332 valence electrons. The maximum atomic E-state index is 12.9. The lowest BCUT2D eigenvalue weighted by Gasteiger charge is -2.33.